The maximum absolute atomic E-state index is 9.39. The zero-order chi connectivity index (χ0) is 13.9. The molecule has 3 nitrogen and oxygen atoms in total. The normalized spacial score (nSPS) is 10.7. The minimum atomic E-state index is -0.119. The number of benzene rings is 2. The van der Waals surface area contributed by atoms with Crippen molar-refractivity contribution in [1.82, 2.24) is 4.98 Å². The fourth-order valence-electron chi connectivity index (χ4n) is 2.06. The molecule has 100 valence electrons. The second-order valence-corrected chi connectivity index (χ2v) is 5.27. The van der Waals surface area contributed by atoms with Gasteiger partial charge >= 0.3 is 0 Å². The van der Waals surface area contributed by atoms with Crippen molar-refractivity contribution in [2.75, 3.05) is 0 Å². The smallest absolute Gasteiger partial charge is 0.224 e. The third-order valence-electron chi connectivity index (χ3n) is 3.02. The number of halogens is 1. The molecule has 0 amide bonds. The fourth-order valence-corrected chi connectivity index (χ4v) is 2.44. The lowest BCUT2D eigenvalue weighted by atomic mass is 10.1. The Morgan fingerprint density at radius 1 is 1.10 bits per heavy atom. The number of aliphatic hydroxyl groups is 1. The van der Waals surface area contributed by atoms with Gasteiger partial charge in [0, 0.05) is 21.6 Å². The molecule has 0 fully saturated rings. The van der Waals surface area contributed by atoms with Crippen LogP contribution in [-0.4, -0.2) is 10.1 Å². The van der Waals surface area contributed by atoms with E-state index in [1.54, 1.807) is 12.3 Å². The summed E-state index contributed by atoms with van der Waals surface area (Å²) in [6.45, 7) is -0.119. The number of hydrogen-bond donors (Lipinski definition) is 1. The number of hydrogen-bond acceptors (Lipinski definition) is 3. The van der Waals surface area contributed by atoms with E-state index in [2.05, 4.69) is 20.9 Å². The van der Waals surface area contributed by atoms with E-state index in [1.165, 1.54) is 0 Å². The van der Waals surface area contributed by atoms with E-state index in [-0.39, 0.29) is 6.61 Å². The van der Waals surface area contributed by atoms with Crippen LogP contribution in [0.2, 0.25) is 0 Å². The third-order valence-corrected chi connectivity index (χ3v) is 3.45. The highest BCUT2D eigenvalue weighted by atomic mass is 79.9. The molecule has 0 saturated heterocycles. The fraction of sp³-hybridized carbons (Fsp3) is 0.0625. The van der Waals surface area contributed by atoms with Gasteiger partial charge in [-0.05, 0) is 33.4 Å². The molecule has 0 aliphatic carbocycles. The molecule has 0 bridgehead atoms. The number of fused-ring (bicyclic) bond motifs is 1. The number of aromatic nitrogens is 1. The van der Waals surface area contributed by atoms with Crippen LogP contribution in [0.25, 0.3) is 10.8 Å². The van der Waals surface area contributed by atoms with E-state index in [4.69, 9.17) is 4.74 Å². The summed E-state index contributed by atoms with van der Waals surface area (Å²) in [5.41, 5.74) is 0.646. The van der Waals surface area contributed by atoms with Gasteiger partial charge in [0.1, 0.15) is 5.75 Å². The molecule has 0 unspecified atom stereocenters. The van der Waals surface area contributed by atoms with Crippen LogP contribution in [0.15, 0.2) is 59.2 Å². The van der Waals surface area contributed by atoms with Gasteiger partial charge in [-0.15, -0.1) is 0 Å². The molecule has 3 rings (SSSR count). The van der Waals surface area contributed by atoms with Gasteiger partial charge in [-0.2, -0.15) is 0 Å². The number of aliphatic hydroxyl groups excluding tert-OH is 1. The van der Waals surface area contributed by atoms with Crippen molar-refractivity contribution in [2.45, 2.75) is 6.61 Å². The molecular weight excluding hydrogens is 318 g/mol. The summed E-state index contributed by atoms with van der Waals surface area (Å²) in [4.78, 5) is 4.22. The topological polar surface area (TPSA) is 42.4 Å². The molecule has 0 atom stereocenters. The van der Waals surface area contributed by atoms with Gasteiger partial charge in [0.15, 0.2) is 0 Å². The Kier molecular flexibility index (Phi) is 3.67. The molecule has 1 heterocycles. The van der Waals surface area contributed by atoms with Crippen molar-refractivity contribution in [3.05, 3.63) is 64.8 Å². The Bertz CT molecular complexity index is 753. The highest BCUT2D eigenvalue weighted by molar-refractivity contribution is 9.10. The first-order chi connectivity index (χ1) is 9.78. The van der Waals surface area contributed by atoms with Crippen LogP contribution >= 0.6 is 15.9 Å². The van der Waals surface area contributed by atoms with Crippen LogP contribution in [0, 0.1) is 0 Å². The van der Waals surface area contributed by atoms with Crippen molar-refractivity contribution >= 4 is 26.7 Å². The van der Waals surface area contributed by atoms with Gasteiger partial charge in [-0.25, -0.2) is 4.98 Å². The molecule has 0 saturated carbocycles. The maximum atomic E-state index is 9.39. The molecule has 3 aromatic rings. The lowest BCUT2D eigenvalue weighted by molar-refractivity contribution is 0.275. The van der Waals surface area contributed by atoms with E-state index in [0.717, 1.165) is 21.0 Å². The Morgan fingerprint density at radius 2 is 1.90 bits per heavy atom. The molecular formula is C16H12BrNO2. The van der Waals surface area contributed by atoms with Crippen LogP contribution < -0.4 is 4.74 Å². The van der Waals surface area contributed by atoms with Gasteiger partial charge in [-0.1, -0.05) is 36.4 Å². The zero-order valence-electron chi connectivity index (χ0n) is 10.6. The minimum absolute atomic E-state index is 0.119. The quantitative estimate of drug-likeness (QED) is 0.779. The molecule has 0 radical (unpaired) electrons. The Labute approximate surface area is 125 Å². The van der Waals surface area contributed by atoms with Crippen LogP contribution in [-0.2, 0) is 6.61 Å². The van der Waals surface area contributed by atoms with Crippen molar-refractivity contribution in [3.63, 3.8) is 0 Å². The number of rotatable bonds is 3. The molecule has 1 N–H and O–H groups in total. The second kappa shape index (κ2) is 5.61. The van der Waals surface area contributed by atoms with E-state index >= 15 is 0 Å². The minimum Gasteiger partial charge on any atom is -0.438 e. The molecule has 1 aromatic heterocycles. The molecule has 0 aliphatic rings. The van der Waals surface area contributed by atoms with Gasteiger partial charge < -0.3 is 9.84 Å². The highest BCUT2D eigenvalue weighted by Gasteiger charge is 2.09. The first-order valence-corrected chi connectivity index (χ1v) is 6.98. The van der Waals surface area contributed by atoms with E-state index in [0.29, 0.717) is 11.4 Å². The number of nitrogens with zero attached hydrogens (tertiary/aromatic N) is 1. The first kappa shape index (κ1) is 13.1. The van der Waals surface area contributed by atoms with Crippen molar-refractivity contribution in [1.29, 1.82) is 0 Å². The largest absolute Gasteiger partial charge is 0.438 e. The summed E-state index contributed by atoms with van der Waals surface area (Å²) in [5.74, 6) is 1.15. The average molecular weight is 330 g/mol. The summed E-state index contributed by atoms with van der Waals surface area (Å²) >= 11 is 3.33. The summed E-state index contributed by atoms with van der Waals surface area (Å²) in [5, 5.41) is 11.5. The van der Waals surface area contributed by atoms with Gasteiger partial charge in [0.25, 0.3) is 0 Å². The SMILES string of the molecule is OCc1cc(Br)cnc1Oc1cccc2ccccc12. The first-order valence-electron chi connectivity index (χ1n) is 6.19. The standard InChI is InChI=1S/C16H12BrNO2/c17-13-8-12(10-19)16(18-9-13)20-15-7-3-5-11-4-1-2-6-14(11)15/h1-9,19H,10H2. The molecule has 2 aromatic carbocycles. The lowest BCUT2D eigenvalue weighted by Gasteiger charge is -2.11. The van der Waals surface area contributed by atoms with E-state index in [1.807, 2.05) is 42.5 Å². The third kappa shape index (κ3) is 2.53. The van der Waals surface area contributed by atoms with Crippen molar-refractivity contribution in [2.24, 2.45) is 0 Å². The maximum Gasteiger partial charge on any atom is 0.224 e. The summed E-state index contributed by atoms with van der Waals surface area (Å²) in [6.07, 6.45) is 1.65. The highest BCUT2D eigenvalue weighted by Crippen LogP contribution is 2.31. The number of ether oxygens (including phenoxy) is 1. The Balaban J connectivity index is 2.05. The molecule has 20 heavy (non-hydrogen) atoms. The van der Waals surface area contributed by atoms with Gasteiger partial charge in [0.05, 0.1) is 6.61 Å². The van der Waals surface area contributed by atoms with Crippen LogP contribution in [0.4, 0.5) is 0 Å². The molecule has 0 spiro atoms. The number of pyridine rings is 1. The van der Waals surface area contributed by atoms with Gasteiger partial charge in [0.2, 0.25) is 5.88 Å². The summed E-state index contributed by atoms with van der Waals surface area (Å²) < 4.78 is 6.69. The Hall–Kier alpha value is -1.91. The monoisotopic (exact) mass is 329 g/mol. The van der Waals surface area contributed by atoms with Crippen molar-refractivity contribution in [3.8, 4) is 11.6 Å². The van der Waals surface area contributed by atoms with Crippen LogP contribution in [0.5, 0.6) is 11.6 Å². The van der Waals surface area contributed by atoms with Crippen molar-refractivity contribution < 1.29 is 9.84 Å². The predicted molar refractivity (Wildman–Crippen MR) is 81.9 cm³/mol. The lowest BCUT2D eigenvalue weighted by Crippen LogP contribution is -1.95. The predicted octanol–water partition coefficient (Wildman–Crippen LogP) is 4.28. The van der Waals surface area contributed by atoms with Crippen LogP contribution in [0.1, 0.15) is 5.56 Å². The average Bonchev–Trinajstić information content (AvgIpc) is 2.49. The zero-order valence-corrected chi connectivity index (χ0v) is 12.2. The van der Waals surface area contributed by atoms with E-state index < -0.39 is 0 Å². The Morgan fingerprint density at radius 3 is 2.75 bits per heavy atom. The molecule has 4 heteroatoms. The second-order valence-electron chi connectivity index (χ2n) is 4.36. The van der Waals surface area contributed by atoms with E-state index in [9.17, 15) is 5.11 Å². The van der Waals surface area contributed by atoms with Crippen LogP contribution in [0.3, 0.4) is 0 Å². The molecule has 0 aliphatic heterocycles. The summed E-state index contributed by atoms with van der Waals surface area (Å²) in [7, 11) is 0. The van der Waals surface area contributed by atoms with Gasteiger partial charge in [-0.3, -0.25) is 0 Å². The summed E-state index contributed by atoms with van der Waals surface area (Å²) in [6, 6.07) is 15.7.